The molecule has 1 aromatic rings. The fraction of sp³-hybridized carbons (Fsp3) is 0.708. The second-order valence-corrected chi connectivity index (χ2v) is 12.7. The van der Waals surface area contributed by atoms with Crippen LogP contribution in [0, 0.1) is 0 Å². The molecule has 3 aliphatic rings. The molecule has 2 atom stereocenters. The Balaban J connectivity index is 1.31. The van der Waals surface area contributed by atoms with E-state index >= 15 is 0 Å². The van der Waals surface area contributed by atoms with Crippen LogP contribution in [0.15, 0.2) is 24.3 Å². The quantitative estimate of drug-likeness (QED) is 0.710. The van der Waals surface area contributed by atoms with E-state index in [2.05, 4.69) is 59.7 Å². The number of carbonyl (C=O) groups is 1. The van der Waals surface area contributed by atoms with Crippen LogP contribution in [0.4, 0.5) is 0 Å². The molecular formula is C24H37N3O3S. The number of hydrogen-bond acceptors (Lipinski definition) is 5. The van der Waals surface area contributed by atoms with Crippen LogP contribution in [-0.4, -0.2) is 85.8 Å². The Kier molecular flexibility index (Phi) is 6.48. The van der Waals surface area contributed by atoms with Crippen molar-refractivity contribution in [1.29, 1.82) is 0 Å². The van der Waals surface area contributed by atoms with Gasteiger partial charge in [-0.25, -0.2) is 8.42 Å². The van der Waals surface area contributed by atoms with Crippen molar-refractivity contribution in [2.75, 3.05) is 50.8 Å². The van der Waals surface area contributed by atoms with Crippen molar-refractivity contribution < 1.29 is 13.2 Å². The van der Waals surface area contributed by atoms with E-state index in [4.69, 9.17) is 0 Å². The summed E-state index contributed by atoms with van der Waals surface area (Å²) in [4.78, 5) is 19.8. The maximum Gasteiger partial charge on any atom is 0.237 e. The first kappa shape index (κ1) is 22.7. The molecule has 0 saturated carbocycles. The van der Waals surface area contributed by atoms with Crippen molar-refractivity contribution in [2.45, 2.75) is 57.5 Å². The molecule has 31 heavy (non-hydrogen) atoms. The van der Waals surface area contributed by atoms with E-state index in [1.165, 1.54) is 11.1 Å². The summed E-state index contributed by atoms with van der Waals surface area (Å²) in [6.07, 6.45) is 2.84. The van der Waals surface area contributed by atoms with Crippen LogP contribution in [0.2, 0.25) is 0 Å². The SMILES string of the molecule is CC(C)(C)c1ccc(C2CCCN2C(=O)CN2CCN(C3CCS(=O)(=O)C3)CC2)cc1. The zero-order valence-electron chi connectivity index (χ0n) is 19.2. The number of nitrogens with zero attached hydrogens (tertiary/aromatic N) is 3. The Morgan fingerprint density at radius 2 is 1.68 bits per heavy atom. The summed E-state index contributed by atoms with van der Waals surface area (Å²) in [5, 5.41) is 0. The first-order valence-corrected chi connectivity index (χ1v) is 13.5. The van der Waals surface area contributed by atoms with Gasteiger partial charge in [0.1, 0.15) is 0 Å². The number of sulfone groups is 1. The fourth-order valence-corrected chi connectivity index (χ4v) is 7.01. The van der Waals surface area contributed by atoms with Crippen molar-refractivity contribution >= 4 is 15.7 Å². The number of carbonyl (C=O) groups excluding carboxylic acids is 1. The van der Waals surface area contributed by atoms with Gasteiger partial charge in [-0.2, -0.15) is 0 Å². The lowest BCUT2D eigenvalue weighted by atomic mass is 9.86. The molecule has 4 rings (SSSR count). The molecule has 0 bridgehead atoms. The minimum atomic E-state index is -2.85. The van der Waals surface area contributed by atoms with Gasteiger partial charge >= 0.3 is 0 Å². The summed E-state index contributed by atoms with van der Waals surface area (Å²) in [7, 11) is -2.85. The highest BCUT2D eigenvalue weighted by Crippen LogP contribution is 2.33. The van der Waals surface area contributed by atoms with Crippen LogP contribution in [0.5, 0.6) is 0 Å². The van der Waals surface area contributed by atoms with Gasteiger partial charge in [-0.1, -0.05) is 45.0 Å². The fourth-order valence-electron chi connectivity index (χ4n) is 5.25. The summed E-state index contributed by atoms with van der Waals surface area (Å²) in [6, 6.07) is 9.17. The van der Waals surface area contributed by atoms with E-state index in [0.29, 0.717) is 18.1 Å². The molecule has 0 N–H and O–H groups in total. The molecule has 3 saturated heterocycles. The third-order valence-corrected chi connectivity index (χ3v) is 8.98. The number of hydrogen-bond donors (Lipinski definition) is 0. The van der Waals surface area contributed by atoms with Crippen molar-refractivity contribution in [3.8, 4) is 0 Å². The minimum absolute atomic E-state index is 0.133. The lowest BCUT2D eigenvalue weighted by molar-refractivity contribution is -0.133. The number of amides is 1. The summed E-state index contributed by atoms with van der Waals surface area (Å²) >= 11 is 0. The second-order valence-electron chi connectivity index (χ2n) is 10.5. The maximum absolute atomic E-state index is 13.1. The molecule has 0 aromatic heterocycles. The summed E-state index contributed by atoms with van der Waals surface area (Å²) in [5.74, 6) is 0.845. The molecule has 172 valence electrons. The van der Waals surface area contributed by atoms with Gasteiger partial charge in [0.2, 0.25) is 5.91 Å². The topological polar surface area (TPSA) is 60.9 Å². The van der Waals surface area contributed by atoms with E-state index in [1.54, 1.807) is 0 Å². The van der Waals surface area contributed by atoms with Crippen molar-refractivity contribution in [2.24, 2.45) is 0 Å². The highest BCUT2D eigenvalue weighted by atomic mass is 32.2. The lowest BCUT2D eigenvalue weighted by Gasteiger charge is -2.38. The lowest BCUT2D eigenvalue weighted by Crippen LogP contribution is -2.52. The van der Waals surface area contributed by atoms with Gasteiger partial charge in [0.05, 0.1) is 24.1 Å². The van der Waals surface area contributed by atoms with E-state index in [1.807, 2.05) is 0 Å². The molecular weight excluding hydrogens is 410 g/mol. The number of piperazine rings is 1. The van der Waals surface area contributed by atoms with Crippen LogP contribution in [0.1, 0.15) is 57.2 Å². The van der Waals surface area contributed by atoms with E-state index in [0.717, 1.165) is 52.0 Å². The first-order valence-electron chi connectivity index (χ1n) is 11.7. The smallest absolute Gasteiger partial charge is 0.237 e. The van der Waals surface area contributed by atoms with Crippen LogP contribution in [-0.2, 0) is 20.0 Å². The molecule has 3 heterocycles. The normalized spacial score (nSPS) is 27.6. The molecule has 3 fully saturated rings. The summed E-state index contributed by atoms with van der Waals surface area (Å²) < 4.78 is 23.5. The van der Waals surface area contributed by atoms with E-state index in [-0.39, 0.29) is 23.4 Å². The highest BCUT2D eigenvalue weighted by Gasteiger charge is 2.35. The van der Waals surface area contributed by atoms with Crippen LogP contribution < -0.4 is 0 Å². The standard InChI is InChI=1S/C24H37N3O3S/c1-24(2,3)20-8-6-19(7-9-20)22-5-4-11-27(22)23(28)17-25-12-14-26(15-13-25)21-10-16-31(29,30)18-21/h6-9,21-22H,4-5,10-18H2,1-3H3. The summed E-state index contributed by atoms with van der Waals surface area (Å²) in [6.45, 7) is 11.3. The second kappa shape index (κ2) is 8.83. The van der Waals surface area contributed by atoms with Gasteiger partial charge in [-0.3, -0.25) is 14.6 Å². The van der Waals surface area contributed by atoms with Crippen LogP contribution >= 0.6 is 0 Å². The van der Waals surface area contributed by atoms with Crippen LogP contribution in [0.3, 0.4) is 0 Å². The zero-order valence-corrected chi connectivity index (χ0v) is 20.0. The molecule has 1 amide bonds. The van der Waals surface area contributed by atoms with Gasteiger partial charge < -0.3 is 4.90 Å². The molecule has 2 unspecified atom stereocenters. The van der Waals surface area contributed by atoms with Gasteiger partial charge in [0.15, 0.2) is 9.84 Å². The monoisotopic (exact) mass is 447 g/mol. The largest absolute Gasteiger partial charge is 0.335 e. The van der Waals surface area contributed by atoms with Crippen molar-refractivity contribution in [1.82, 2.24) is 14.7 Å². The minimum Gasteiger partial charge on any atom is -0.335 e. The maximum atomic E-state index is 13.1. The average Bonchev–Trinajstić information content (AvgIpc) is 3.34. The summed E-state index contributed by atoms with van der Waals surface area (Å²) in [5.41, 5.74) is 2.69. The predicted molar refractivity (Wildman–Crippen MR) is 124 cm³/mol. The molecule has 0 radical (unpaired) electrons. The number of rotatable bonds is 4. The highest BCUT2D eigenvalue weighted by molar-refractivity contribution is 7.91. The number of likely N-dealkylation sites (tertiary alicyclic amines) is 1. The van der Waals surface area contributed by atoms with Gasteiger partial charge in [-0.05, 0) is 35.8 Å². The predicted octanol–water partition coefficient (Wildman–Crippen LogP) is 2.45. The Morgan fingerprint density at radius 3 is 2.26 bits per heavy atom. The van der Waals surface area contributed by atoms with E-state index in [9.17, 15) is 13.2 Å². The third-order valence-electron chi connectivity index (χ3n) is 7.23. The van der Waals surface area contributed by atoms with Gasteiger partial charge in [0, 0.05) is 38.8 Å². The Bertz CT molecular complexity index is 884. The zero-order chi connectivity index (χ0) is 22.2. The van der Waals surface area contributed by atoms with E-state index < -0.39 is 9.84 Å². The van der Waals surface area contributed by atoms with Crippen LogP contribution in [0.25, 0.3) is 0 Å². The van der Waals surface area contributed by atoms with Crippen molar-refractivity contribution in [3.05, 3.63) is 35.4 Å². The number of benzene rings is 1. The van der Waals surface area contributed by atoms with Gasteiger partial charge in [0.25, 0.3) is 0 Å². The Labute approximate surface area is 187 Å². The molecule has 6 nitrogen and oxygen atoms in total. The molecule has 1 aromatic carbocycles. The van der Waals surface area contributed by atoms with Crippen molar-refractivity contribution in [3.63, 3.8) is 0 Å². The molecule has 7 heteroatoms. The Morgan fingerprint density at radius 1 is 1.00 bits per heavy atom. The third kappa shape index (κ3) is 5.32. The first-order chi connectivity index (χ1) is 14.6. The molecule has 3 aliphatic heterocycles. The van der Waals surface area contributed by atoms with Gasteiger partial charge in [-0.15, -0.1) is 0 Å². The molecule has 0 spiro atoms. The molecule has 0 aliphatic carbocycles. The average molecular weight is 448 g/mol. The Hall–Kier alpha value is -1.44.